The van der Waals surface area contributed by atoms with Crippen molar-refractivity contribution in [1.82, 2.24) is 13.9 Å². The number of rotatable bonds is 4. The lowest BCUT2D eigenvalue weighted by Gasteiger charge is -2.16. The van der Waals surface area contributed by atoms with Gasteiger partial charge in [-0.3, -0.25) is 4.79 Å². The molecule has 0 aliphatic carbocycles. The predicted octanol–water partition coefficient (Wildman–Crippen LogP) is 2.88. The van der Waals surface area contributed by atoms with Gasteiger partial charge in [-0.2, -0.15) is 4.31 Å². The van der Waals surface area contributed by atoms with Crippen LogP contribution >= 0.6 is 11.6 Å². The lowest BCUT2D eigenvalue weighted by molar-refractivity contribution is 0.476. The maximum Gasteiger partial charge on any atom is 0.250 e. The van der Waals surface area contributed by atoms with Gasteiger partial charge in [0.2, 0.25) is 10.0 Å². The normalized spacial score (nSPS) is 15.4. The Labute approximate surface area is 162 Å². The monoisotopic (exact) mass is 403 g/mol. The first kappa shape index (κ1) is 18.2. The smallest absolute Gasteiger partial charge is 0.250 e. The minimum atomic E-state index is -3.59. The summed E-state index contributed by atoms with van der Waals surface area (Å²) in [6.07, 6.45) is 3.11. The second-order valence-corrected chi connectivity index (χ2v) is 8.87. The fraction of sp³-hybridized carbons (Fsp3) is 0.263. The molecule has 0 radical (unpaired) electrons. The highest BCUT2D eigenvalue weighted by molar-refractivity contribution is 7.89. The number of para-hydroxylation sites is 1. The van der Waals surface area contributed by atoms with E-state index in [9.17, 15) is 13.2 Å². The van der Waals surface area contributed by atoms with Gasteiger partial charge in [0.05, 0.1) is 17.0 Å². The number of hydrogen-bond acceptors (Lipinski definition) is 4. The third kappa shape index (κ3) is 3.50. The summed E-state index contributed by atoms with van der Waals surface area (Å²) in [6, 6.07) is 12.1. The zero-order valence-electron chi connectivity index (χ0n) is 14.5. The molecule has 3 heterocycles. The van der Waals surface area contributed by atoms with Crippen LogP contribution in [-0.2, 0) is 16.6 Å². The van der Waals surface area contributed by atoms with Crippen LogP contribution in [0.25, 0.3) is 10.9 Å². The molecule has 0 unspecified atom stereocenters. The fourth-order valence-electron chi connectivity index (χ4n) is 3.29. The molecule has 1 aliphatic heterocycles. The standard InChI is InChI=1S/C19H18ClN3O3S/c20-19-15(11-14-5-1-2-6-17(14)21-19)12-22-13-16(7-8-18(22)24)27(25,26)23-9-3-4-10-23/h1-2,5-8,11,13H,3-4,9-10,12H2. The van der Waals surface area contributed by atoms with Gasteiger partial charge in [-0.1, -0.05) is 29.8 Å². The molecule has 1 aromatic carbocycles. The van der Waals surface area contributed by atoms with E-state index < -0.39 is 10.0 Å². The zero-order valence-corrected chi connectivity index (χ0v) is 16.1. The Morgan fingerprint density at radius 2 is 1.81 bits per heavy atom. The van der Waals surface area contributed by atoms with Gasteiger partial charge in [0.25, 0.3) is 5.56 Å². The van der Waals surface area contributed by atoms with Crippen molar-refractivity contribution in [2.45, 2.75) is 24.3 Å². The van der Waals surface area contributed by atoms with Gasteiger partial charge in [0.1, 0.15) is 5.15 Å². The fourth-order valence-corrected chi connectivity index (χ4v) is 5.04. The molecule has 0 atom stereocenters. The van der Waals surface area contributed by atoms with Crippen LogP contribution in [0.1, 0.15) is 18.4 Å². The lowest BCUT2D eigenvalue weighted by Crippen LogP contribution is -2.29. The Hall–Kier alpha value is -2.22. The maximum atomic E-state index is 12.8. The number of pyridine rings is 2. The van der Waals surface area contributed by atoms with Crippen molar-refractivity contribution < 1.29 is 8.42 Å². The van der Waals surface area contributed by atoms with Crippen molar-refractivity contribution in [2.75, 3.05) is 13.1 Å². The first-order valence-electron chi connectivity index (χ1n) is 8.70. The van der Waals surface area contributed by atoms with E-state index in [-0.39, 0.29) is 17.0 Å². The van der Waals surface area contributed by atoms with E-state index in [4.69, 9.17) is 11.6 Å². The highest BCUT2D eigenvalue weighted by Crippen LogP contribution is 2.23. The highest BCUT2D eigenvalue weighted by atomic mass is 35.5. The van der Waals surface area contributed by atoms with E-state index in [1.165, 1.54) is 27.2 Å². The number of nitrogens with zero attached hydrogens (tertiary/aromatic N) is 3. The van der Waals surface area contributed by atoms with Crippen LogP contribution in [0.15, 0.2) is 58.4 Å². The molecule has 1 saturated heterocycles. The van der Waals surface area contributed by atoms with Crippen molar-refractivity contribution in [1.29, 1.82) is 0 Å². The molecule has 27 heavy (non-hydrogen) atoms. The summed E-state index contributed by atoms with van der Waals surface area (Å²) < 4.78 is 28.4. The molecule has 8 heteroatoms. The molecule has 2 aromatic heterocycles. The van der Waals surface area contributed by atoms with E-state index in [0.717, 1.165) is 23.7 Å². The zero-order chi connectivity index (χ0) is 19.0. The minimum absolute atomic E-state index is 0.119. The van der Waals surface area contributed by atoms with Crippen LogP contribution in [-0.4, -0.2) is 35.4 Å². The summed E-state index contributed by atoms with van der Waals surface area (Å²) in [6.45, 7) is 1.18. The molecule has 0 spiro atoms. The van der Waals surface area contributed by atoms with Gasteiger partial charge in [-0.15, -0.1) is 0 Å². The third-order valence-electron chi connectivity index (χ3n) is 4.75. The number of benzene rings is 1. The van der Waals surface area contributed by atoms with E-state index in [1.54, 1.807) is 0 Å². The molecule has 1 aliphatic rings. The van der Waals surface area contributed by atoms with E-state index >= 15 is 0 Å². The molecular formula is C19H18ClN3O3S. The average molecular weight is 404 g/mol. The molecule has 4 rings (SSSR count). The Bertz CT molecular complexity index is 1170. The van der Waals surface area contributed by atoms with Crippen LogP contribution in [0.2, 0.25) is 5.15 Å². The largest absolute Gasteiger partial charge is 0.310 e. The molecule has 140 valence electrons. The Morgan fingerprint density at radius 3 is 2.59 bits per heavy atom. The van der Waals surface area contributed by atoms with Crippen molar-refractivity contribution in [3.63, 3.8) is 0 Å². The molecule has 6 nitrogen and oxygen atoms in total. The predicted molar refractivity (Wildman–Crippen MR) is 105 cm³/mol. The second-order valence-electron chi connectivity index (χ2n) is 6.57. The number of aromatic nitrogens is 2. The van der Waals surface area contributed by atoms with Crippen LogP contribution in [0.3, 0.4) is 0 Å². The highest BCUT2D eigenvalue weighted by Gasteiger charge is 2.27. The molecule has 0 bridgehead atoms. The van der Waals surface area contributed by atoms with Crippen LogP contribution in [0.5, 0.6) is 0 Å². The molecule has 0 amide bonds. The van der Waals surface area contributed by atoms with Gasteiger partial charge in [0.15, 0.2) is 0 Å². The summed E-state index contributed by atoms with van der Waals surface area (Å²) in [5.74, 6) is 0. The molecule has 0 N–H and O–H groups in total. The minimum Gasteiger partial charge on any atom is -0.310 e. The Balaban J connectivity index is 1.72. The first-order valence-corrected chi connectivity index (χ1v) is 10.5. The molecular weight excluding hydrogens is 386 g/mol. The van der Waals surface area contributed by atoms with Crippen LogP contribution in [0.4, 0.5) is 0 Å². The van der Waals surface area contributed by atoms with Gasteiger partial charge < -0.3 is 4.57 Å². The second kappa shape index (κ2) is 7.07. The van der Waals surface area contributed by atoms with Crippen LogP contribution < -0.4 is 5.56 Å². The molecule has 3 aromatic rings. The van der Waals surface area contributed by atoms with Gasteiger partial charge >= 0.3 is 0 Å². The van der Waals surface area contributed by atoms with E-state index in [2.05, 4.69) is 4.98 Å². The first-order chi connectivity index (χ1) is 12.9. The summed E-state index contributed by atoms with van der Waals surface area (Å²) in [4.78, 5) is 16.8. The number of sulfonamides is 1. The number of fused-ring (bicyclic) bond motifs is 1. The van der Waals surface area contributed by atoms with Crippen molar-refractivity contribution >= 4 is 32.5 Å². The number of halogens is 1. The molecule has 1 fully saturated rings. The van der Waals surface area contributed by atoms with Gasteiger partial charge in [-0.25, -0.2) is 13.4 Å². The van der Waals surface area contributed by atoms with Crippen molar-refractivity contribution in [3.05, 3.63) is 69.7 Å². The lowest BCUT2D eigenvalue weighted by atomic mass is 10.1. The summed E-state index contributed by atoms with van der Waals surface area (Å²) in [5, 5.41) is 1.21. The summed E-state index contributed by atoms with van der Waals surface area (Å²) in [5.41, 5.74) is 1.14. The topological polar surface area (TPSA) is 72.3 Å². The van der Waals surface area contributed by atoms with E-state index in [1.807, 2.05) is 30.3 Å². The SMILES string of the molecule is O=c1ccc(S(=O)(=O)N2CCCC2)cn1Cc1cc2ccccc2nc1Cl. The quantitative estimate of drug-likeness (QED) is 0.628. The third-order valence-corrected chi connectivity index (χ3v) is 6.96. The van der Waals surface area contributed by atoms with E-state index in [0.29, 0.717) is 23.8 Å². The maximum absolute atomic E-state index is 12.8. The summed E-state index contributed by atoms with van der Waals surface area (Å²) >= 11 is 6.29. The number of hydrogen-bond donors (Lipinski definition) is 0. The van der Waals surface area contributed by atoms with Gasteiger partial charge in [0, 0.05) is 36.3 Å². The van der Waals surface area contributed by atoms with Gasteiger partial charge in [-0.05, 0) is 31.0 Å². The van der Waals surface area contributed by atoms with Crippen LogP contribution in [0, 0.1) is 0 Å². The summed E-state index contributed by atoms with van der Waals surface area (Å²) in [7, 11) is -3.59. The Kier molecular flexibility index (Phi) is 4.75. The molecule has 0 saturated carbocycles. The Morgan fingerprint density at radius 1 is 1.07 bits per heavy atom. The van der Waals surface area contributed by atoms with Crippen molar-refractivity contribution in [2.24, 2.45) is 0 Å². The van der Waals surface area contributed by atoms with Crippen molar-refractivity contribution in [3.8, 4) is 0 Å². The average Bonchev–Trinajstić information content (AvgIpc) is 3.19.